The van der Waals surface area contributed by atoms with Crippen molar-refractivity contribution in [1.82, 2.24) is 9.80 Å². The zero-order valence-corrected chi connectivity index (χ0v) is 18.8. The van der Waals surface area contributed by atoms with E-state index in [-0.39, 0.29) is 12.5 Å². The maximum atomic E-state index is 12.9. The van der Waals surface area contributed by atoms with Crippen LogP contribution in [0.3, 0.4) is 0 Å². The molecule has 0 saturated carbocycles. The Labute approximate surface area is 193 Å². The van der Waals surface area contributed by atoms with Crippen LogP contribution in [-0.2, 0) is 19.6 Å². The standard InChI is InChI=1S/C26H27ClN2O3/c1-2-6-21-8-3-4-10-24(21)31-19-23-11-12-25(32-23)26(30)29-15-13-28(14-16-29)18-20-7-5-9-22(27)17-20/h2-5,7-12,17H,1,6,13-16,18-19H2. The van der Waals surface area contributed by atoms with Crippen molar-refractivity contribution in [3.8, 4) is 5.75 Å². The number of carbonyl (C=O) groups excluding carboxylic acids is 1. The molecule has 0 aliphatic carbocycles. The highest BCUT2D eigenvalue weighted by molar-refractivity contribution is 6.30. The summed E-state index contributed by atoms with van der Waals surface area (Å²) in [5, 5.41) is 0.748. The van der Waals surface area contributed by atoms with Crippen LogP contribution in [-0.4, -0.2) is 41.9 Å². The zero-order valence-electron chi connectivity index (χ0n) is 18.0. The third-order valence-corrected chi connectivity index (χ3v) is 5.77. The SMILES string of the molecule is C=CCc1ccccc1OCc1ccc(C(=O)N2CCN(Cc3cccc(Cl)c3)CC2)o1. The van der Waals surface area contributed by atoms with Crippen molar-refractivity contribution in [2.24, 2.45) is 0 Å². The van der Waals surface area contributed by atoms with Gasteiger partial charge in [0.1, 0.15) is 18.1 Å². The molecular weight excluding hydrogens is 424 g/mol. The number of para-hydroxylation sites is 1. The Morgan fingerprint density at radius 1 is 1.06 bits per heavy atom. The molecule has 1 amide bonds. The van der Waals surface area contributed by atoms with Crippen molar-refractivity contribution in [1.29, 1.82) is 0 Å². The van der Waals surface area contributed by atoms with Crippen LogP contribution in [0.25, 0.3) is 0 Å². The topological polar surface area (TPSA) is 45.9 Å². The molecule has 0 N–H and O–H groups in total. The van der Waals surface area contributed by atoms with Crippen LogP contribution in [0.15, 0.2) is 77.7 Å². The van der Waals surface area contributed by atoms with Crippen LogP contribution in [0.5, 0.6) is 5.75 Å². The lowest BCUT2D eigenvalue weighted by molar-refractivity contribution is 0.0594. The van der Waals surface area contributed by atoms with Gasteiger partial charge in [0, 0.05) is 37.7 Å². The number of rotatable bonds is 8. The van der Waals surface area contributed by atoms with Crippen molar-refractivity contribution >= 4 is 17.5 Å². The van der Waals surface area contributed by atoms with E-state index >= 15 is 0 Å². The zero-order chi connectivity index (χ0) is 22.3. The summed E-state index contributed by atoms with van der Waals surface area (Å²) < 4.78 is 11.7. The monoisotopic (exact) mass is 450 g/mol. The van der Waals surface area contributed by atoms with Gasteiger partial charge in [0.2, 0.25) is 0 Å². The first-order valence-corrected chi connectivity index (χ1v) is 11.2. The molecule has 0 radical (unpaired) electrons. The van der Waals surface area contributed by atoms with E-state index in [2.05, 4.69) is 17.5 Å². The molecular formula is C26H27ClN2O3. The van der Waals surface area contributed by atoms with Crippen LogP contribution in [0.1, 0.15) is 27.4 Å². The summed E-state index contributed by atoms with van der Waals surface area (Å²) in [5.41, 5.74) is 2.25. The Kier molecular flexibility index (Phi) is 7.30. The van der Waals surface area contributed by atoms with E-state index in [1.165, 1.54) is 5.56 Å². The van der Waals surface area contributed by atoms with Crippen molar-refractivity contribution < 1.29 is 13.9 Å². The maximum Gasteiger partial charge on any atom is 0.289 e. The summed E-state index contributed by atoms with van der Waals surface area (Å²) in [7, 11) is 0. The van der Waals surface area contributed by atoms with Gasteiger partial charge >= 0.3 is 0 Å². The van der Waals surface area contributed by atoms with Gasteiger partial charge in [0.05, 0.1) is 0 Å². The number of carbonyl (C=O) groups is 1. The molecule has 0 atom stereocenters. The summed E-state index contributed by atoms with van der Waals surface area (Å²) in [6, 6.07) is 19.3. The molecule has 3 aromatic rings. The quantitative estimate of drug-likeness (QED) is 0.442. The Bertz CT molecular complexity index is 1070. The van der Waals surface area contributed by atoms with Gasteiger partial charge in [-0.1, -0.05) is 48.0 Å². The van der Waals surface area contributed by atoms with Crippen LogP contribution in [0, 0.1) is 0 Å². The number of piperazine rings is 1. The lowest BCUT2D eigenvalue weighted by Gasteiger charge is -2.34. The largest absolute Gasteiger partial charge is 0.485 e. The van der Waals surface area contributed by atoms with Crippen LogP contribution in [0.4, 0.5) is 0 Å². The maximum absolute atomic E-state index is 12.9. The smallest absolute Gasteiger partial charge is 0.289 e. The molecule has 5 nitrogen and oxygen atoms in total. The number of benzene rings is 2. The Balaban J connectivity index is 1.29. The molecule has 0 bridgehead atoms. The van der Waals surface area contributed by atoms with Crippen LogP contribution < -0.4 is 4.74 Å². The predicted molar refractivity (Wildman–Crippen MR) is 126 cm³/mol. The summed E-state index contributed by atoms with van der Waals surface area (Å²) in [6.45, 7) is 7.86. The van der Waals surface area contributed by atoms with E-state index < -0.39 is 0 Å². The molecule has 1 aliphatic heterocycles. The van der Waals surface area contributed by atoms with Gasteiger partial charge in [-0.05, 0) is 47.9 Å². The number of nitrogens with zero attached hydrogens (tertiary/aromatic N) is 2. The van der Waals surface area contributed by atoms with Crippen LogP contribution >= 0.6 is 11.6 Å². The Hall–Kier alpha value is -3.02. The van der Waals surface area contributed by atoms with E-state index in [1.807, 2.05) is 53.4 Å². The van der Waals surface area contributed by atoms with E-state index in [9.17, 15) is 4.79 Å². The highest BCUT2D eigenvalue weighted by Crippen LogP contribution is 2.21. The van der Waals surface area contributed by atoms with Gasteiger partial charge in [-0.25, -0.2) is 0 Å². The van der Waals surface area contributed by atoms with Crippen LogP contribution in [0.2, 0.25) is 5.02 Å². The van der Waals surface area contributed by atoms with Gasteiger partial charge in [-0.3, -0.25) is 9.69 Å². The second-order valence-corrected chi connectivity index (χ2v) is 8.29. The second-order valence-electron chi connectivity index (χ2n) is 7.85. The fourth-order valence-electron chi connectivity index (χ4n) is 3.85. The molecule has 1 saturated heterocycles. The minimum Gasteiger partial charge on any atom is -0.485 e. The first-order valence-electron chi connectivity index (χ1n) is 10.8. The fraction of sp³-hybridized carbons (Fsp3) is 0.269. The van der Waals surface area contributed by atoms with Crippen molar-refractivity contribution in [3.63, 3.8) is 0 Å². The summed E-state index contributed by atoms with van der Waals surface area (Å²) >= 11 is 6.08. The fourth-order valence-corrected chi connectivity index (χ4v) is 4.06. The molecule has 1 fully saturated rings. The summed E-state index contributed by atoms with van der Waals surface area (Å²) in [4.78, 5) is 17.1. The van der Waals surface area contributed by atoms with E-state index in [1.54, 1.807) is 12.1 Å². The minimum atomic E-state index is -0.0780. The average molecular weight is 451 g/mol. The Morgan fingerprint density at radius 2 is 1.88 bits per heavy atom. The van der Waals surface area contributed by atoms with E-state index in [0.717, 1.165) is 42.4 Å². The molecule has 32 heavy (non-hydrogen) atoms. The number of allylic oxidation sites excluding steroid dienone is 1. The second kappa shape index (κ2) is 10.5. The lowest BCUT2D eigenvalue weighted by atomic mass is 10.1. The number of hydrogen-bond acceptors (Lipinski definition) is 4. The average Bonchev–Trinajstić information content (AvgIpc) is 3.28. The first kappa shape index (κ1) is 22.2. The lowest BCUT2D eigenvalue weighted by Crippen LogP contribution is -2.48. The normalized spacial score (nSPS) is 14.3. The van der Waals surface area contributed by atoms with Crippen molar-refractivity contribution in [2.45, 2.75) is 19.6 Å². The summed E-state index contributed by atoms with van der Waals surface area (Å²) in [5.74, 6) is 1.70. The molecule has 0 spiro atoms. The Morgan fingerprint density at radius 3 is 2.66 bits per heavy atom. The number of halogens is 1. The number of furan rings is 1. The molecule has 1 aromatic heterocycles. The van der Waals surface area contributed by atoms with Gasteiger partial charge in [0.15, 0.2) is 5.76 Å². The van der Waals surface area contributed by atoms with Crippen molar-refractivity contribution in [2.75, 3.05) is 26.2 Å². The number of ether oxygens (including phenoxy) is 1. The summed E-state index contributed by atoms with van der Waals surface area (Å²) in [6.07, 6.45) is 2.59. The first-order chi connectivity index (χ1) is 15.6. The van der Waals surface area contributed by atoms with E-state index in [0.29, 0.717) is 24.6 Å². The van der Waals surface area contributed by atoms with Gasteiger partial charge in [-0.15, -0.1) is 6.58 Å². The molecule has 2 aromatic carbocycles. The van der Waals surface area contributed by atoms with Gasteiger partial charge in [0.25, 0.3) is 5.91 Å². The molecule has 6 heteroatoms. The van der Waals surface area contributed by atoms with Gasteiger partial charge < -0.3 is 14.1 Å². The third-order valence-electron chi connectivity index (χ3n) is 5.53. The highest BCUT2D eigenvalue weighted by atomic mass is 35.5. The molecule has 2 heterocycles. The highest BCUT2D eigenvalue weighted by Gasteiger charge is 2.24. The third kappa shape index (κ3) is 5.61. The van der Waals surface area contributed by atoms with Crippen molar-refractivity contribution in [3.05, 3.63) is 101 Å². The predicted octanol–water partition coefficient (Wildman–Crippen LogP) is 5.20. The molecule has 0 unspecified atom stereocenters. The molecule has 166 valence electrons. The number of hydrogen-bond donors (Lipinski definition) is 0. The molecule has 4 rings (SSSR count). The van der Waals surface area contributed by atoms with E-state index in [4.69, 9.17) is 20.8 Å². The van der Waals surface area contributed by atoms with Gasteiger partial charge in [-0.2, -0.15) is 0 Å². The minimum absolute atomic E-state index is 0.0780. The molecule has 1 aliphatic rings. The number of amides is 1.